The van der Waals surface area contributed by atoms with Crippen molar-refractivity contribution in [2.24, 2.45) is 0 Å². The smallest absolute Gasteiger partial charge is 0.282 e. The Morgan fingerprint density at radius 1 is 0.462 bits per heavy atom. The molecule has 0 aliphatic carbocycles. The molecule has 36 heteroatoms. The zero-order valence-electron chi connectivity index (χ0n) is 29.6. The molecule has 0 aliphatic heterocycles. The first-order chi connectivity index (χ1) is 28.6. The fourth-order valence-electron chi connectivity index (χ4n) is 3.89. The molecule has 0 spiro atoms. The van der Waals surface area contributed by atoms with E-state index in [4.69, 9.17) is 15.2 Å². The Hall–Kier alpha value is -3.39. The van der Waals surface area contributed by atoms with E-state index in [-0.39, 0.29) is 19.6 Å². The van der Waals surface area contributed by atoms with Gasteiger partial charge in [-0.15, -0.1) is 0 Å². The number of benzene rings is 4. The van der Waals surface area contributed by atoms with E-state index in [1.165, 1.54) is 0 Å². The van der Waals surface area contributed by atoms with Crippen LogP contribution in [-0.2, 0) is 59.3 Å². The lowest BCUT2D eigenvalue weighted by atomic mass is 10.3. The fourth-order valence-corrected chi connectivity index (χ4v) is 13.0. The number of sulfonamides is 4. The Balaban J connectivity index is 0.000000440. The van der Waals surface area contributed by atoms with Crippen molar-refractivity contribution in [2.45, 2.75) is 57.8 Å². The second-order valence-corrected chi connectivity index (χ2v) is 25.1. The first kappa shape index (κ1) is 57.7. The standard InChI is InChI=1S/C14H8ClF6NO6S4.C14H9F6NO7S4.CH4/c15-30(23,24)9-2-4-10(5-3-9)31(25,26)22-32(27,28)14(20,21)13(18,19)29-12-6-1-8(16)7-11(12)17;15-8-1-6-12(11(16)7-8)29-13(17,18)14(19,20)32(27,28)21-30(22,23)9-2-4-10(5-3-9)31(24,25)26;/h1-7,22H;1-7,21H,(H,24,25,26);1H4. The molecule has 65 heavy (non-hydrogen) atoms. The van der Waals surface area contributed by atoms with Gasteiger partial charge in [0.1, 0.15) is 23.3 Å². The lowest BCUT2D eigenvalue weighted by Gasteiger charge is -2.25. The van der Waals surface area contributed by atoms with Crippen molar-refractivity contribution in [3.8, 4) is 0 Å². The van der Waals surface area contributed by atoms with Gasteiger partial charge >= 0.3 is 21.0 Å². The van der Waals surface area contributed by atoms with E-state index in [1.807, 2.05) is 0 Å². The minimum absolute atomic E-state index is 0. The summed E-state index contributed by atoms with van der Waals surface area (Å²) in [5.74, 6) is -5.86. The van der Waals surface area contributed by atoms with Gasteiger partial charge in [-0.2, -0.15) is 43.5 Å². The highest BCUT2D eigenvalue weighted by Gasteiger charge is 2.68. The number of thioether (sulfide) groups is 2. The number of hydrogen-bond donors (Lipinski definition) is 3. The van der Waals surface area contributed by atoms with Gasteiger partial charge in [-0.05, 0) is 96.3 Å². The zero-order valence-corrected chi connectivity index (χ0v) is 36.9. The van der Waals surface area contributed by atoms with Gasteiger partial charge in [0.15, 0.2) is 0 Å². The molecule has 0 bridgehead atoms. The van der Waals surface area contributed by atoms with E-state index in [0.717, 1.165) is 0 Å². The molecule has 0 unspecified atom stereocenters. The van der Waals surface area contributed by atoms with Crippen molar-refractivity contribution >= 4 is 93.5 Å². The van der Waals surface area contributed by atoms with Crippen molar-refractivity contribution in [1.29, 1.82) is 0 Å². The monoisotopic (exact) mass is 1120 g/mol. The summed E-state index contributed by atoms with van der Waals surface area (Å²) in [6, 6.07) is 5.55. The molecule has 0 saturated carbocycles. The van der Waals surface area contributed by atoms with Crippen molar-refractivity contribution < 1.29 is 108 Å². The minimum Gasteiger partial charge on any atom is -0.282 e. The van der Waals surface area contributed by atoms with Gasteiger partial charge in [0.2, 0.25) is 0 Å². The molecule has 0 atom stereocenters. The van der Waals surface area contributed by atoms with Crippen LogP contribution in [0.3, 0.4) is 0 Å². The van der Waals surface area contributed by atoms with Crippen LogP contribution in [0.25, 0.3) is 0 Å². The first-order valence-corrected chi connectivity index (χ1v) is 26.4. The molecule has 4 aromatic carbocycles. The Kier molecular flexibility index (Phi) is 17.5. The summed E-state index contributed by atoms with van der Waals surface area (Å²) in [5.41, 5.74) is 0. The summed E-state index contributed by atoms with van der Waals surface area (Å²) in [5, 5.41) is -23.5. The molecule has 0 fully saturated rings. The summed E-state index contributed by atoms with van der Waals surface area (Å²) in [6.07, 6.45) is 0. The van der Waals surface area contributed by atoms with Gasteiger partial charge in [0.05, 0.1) is 19.6 Å². The largest absolute Gasteiger partial charge is 0.431 e. The predicted octanol–water partition coefficient (Wildman–Crippen LogP) is 6.91. The van der Waals surface area contributed by atoms with Crippen LogP contribution in [0.5, 0.6) is 0 Å². The highest BCUT2D eigenvalue weighted by Crippen LogP contribution is 2.51. The Morgan fingerprint density at radius 2 is 0.738 bits per heavy atom. The SMILES string of the molecule is C.O=S(=O)(Cl)c1ccc(S(=O)(=O)NS(=O)(=O)C(F)(F)C(F)(F)Sc2ccc(F)cc2F)cc1.O=S(=O)(O)c1ccc(S(=O)(=O)NS(=O)(=O)C(F)(F)C(F)(F)Sc2ccc(F)cc2F)cc1. The van der Waals surface area contributed by atoms with Crippen molar-refractivity contribution in [3.05, 3.63) is 108 Å². The highest BCUT2D eigenvalue weighted by molar-refractivity contribution is 8.13. The normalized spacial score (nSPS) is 13.6. The third kappa shape index (κ3) is 13.4. The number of nitrogens with one attached hydrogen (secondary N) is 2. The molecule has 0 amide bonds. The average molecular weight is 1130 g/mol. The highest BCUT2D eigenvalue weighted by atomic mass is 35.7. The second-order valence-electron chi connectivity index (χ2n) is 11.5. The van der Waals surface area contributed by atoms with Gasteiger partial charge in [-0.3, -0.25) is 4.55 Å². The number of rotatable bonds is 16. The summed E-state index contributed by atoms with van der Waals surface area (Å²) >= 11 is -2.57. The van der Waals surface area contributed by atoms with Crippen LogP contribution in [0, 0.1) is 23.3 Å². The summed E-state index contributed by atoms with van der Waals surface area (Å²) in [6.45, 7) is 0. The third-order valence-electron chi connectivity index (χ3n) is 6.90. The molecule has 0 aliphatic rings. The molecule has 0 heterocycles. The van der Waals surface area contributed by atoms with Crippen LogP contribution in [0.15, 0.2) is 114 Å². The molecule has 0 radical (unpaired) electrons. The fraction of sp³-hybridized carbons (Fsp3) is 0.172. The molecule has 364 valence electrons. The zero-order chi connectivity index (χ0) is 49.5. The van der Waals surface area contributed by atoms with Crippen LogP contribution in [0.4, 0.5) is 52.7 Å². The summed E-state index contributed by atoms with van der Waals surface area (Å²) < 4.78 is 315. The lowest BCUT2D eigenvalue weighted by Crippen LogP contribution is -2.51. The molecule has 0 aromatic heterocycles. The van der Waals surface area contributed by atoms with E-state index in [2.05, 4.69) is 0 Å². The Morgan fingerprint density at radius 3 is 1.00 bits per heavy atom. The predicted molar refractivity (Wildman–Crippen MR) is 205 cm³/mol. The van der Waals surface area contributed by atoms with Gasteiger partial charge in [-0.1, -0.05) is 15.7 Å². The van der Waals surface area contributed by atoms with E-state index in [1.54, 1.807) is 0 Å². The molecular formula is C29H21ClF12N2O13S8. The van der Waals surface area contributed by atoms with Crippen LogP contribution >= 0.6 is 34.2 Å². The minimum atomic E-state index is -6.71. The lowest BCUT2D eigenvalue weighted by molar-refractivity contribution is -0.0905. The van der Waals surface area contributed by atoms with Gasteiger partial charge in [0, 0.05) is 32.6 Å². The number of hydrogen-bond acceptors (Lipinski definition) is 14. The van der Waals surface area contributed by atoms with Gasteiger partial charge < -0.3 is 0 Å². The van der Waals surface area contributed by atoms with Crippen LogP contribution in [-0.4, -0.2) is 76.1 Å². The molecular weight excluding hydrogens is 1100 g/mol. The number of alkyl halides is 8. The molecule has 4 aromatic rings. The maximum atomic E-state index is 14.2. The van der Waals surface area contributed by atoms with Crippen molar-refractivity contribution in [3.63, 3.8) is 0 Å². The van der Waals surface area contributed by atoms with E-state index in [9.17, 15) is 103 Å². The molecule has 0 saturated heterocycles. The molecule has 4 rings (SSSR count). The van der Waals surface area contributed by atoms with E-state index in [0.29, 0.717) is 81.1 Å². The van der Waals surface area contributed by atoms with E-state index >= 15 is 0 Å². The molecule has 15 nitrogen and oxygen atoms in total. The Bertz CT molecular complexity index is 2910. The maximum Gasteiger partial charge on any atom is 0.431 e. The Labute approximate surface area is 373 Å². The summed E-state index contributed by atoms with van der Waals surface area (Å²) in [7, 11) is -28.4. The molecule has 3 N–H and O–H groups in total. The van der Waals surface area contributed by atoms with Gasteiger partial charge in [-0.25, -0.2) is 59.7 Å². The number of halogens is 13. The van der Waals surface area contributed by atoms with Crippen molar-refractivity contribution in [2.75, 3.05) is 0 Å². The van der Waals surface area contributed by atoms with E-state index < -0.39 is 156 Å². The van der Waals surface area contributed by atoms with Crippen LogP contribution in [0.2, 0.25) is 0 Å². The average Bonchev–Trinajstić information content (AvgIpc) is 3.12. The van der Waals surface area contributed by atoms with Crippen LogP contribution < -0.4 is 8.25 Å². The van der Waals surface area contributed by atoms with Crippen molar-refractivity contribution in [1.82, 2.24) is 8.25 Å². The summed E-state index contributed by atoms with van der Waals surface area (Å²) in [4.78, 5) is -6.18. The van der Waals surface area contributed by atoms with Gasteiger partial charge in [0.25, 0.3) is 59.3 Å². The quantitative estimate of drug-likeness (QED) is 0.0446. The first-order valence-electron chi connectivity index (χ1n) is 15.1. The second kappa shape index (κ2) is 19.7. The maximum absolute atomic E-state index is 14.2. The van der Waals surface area contributed by atoms with Crippen LogP contribution in [0.1, 0.15) is 7.43 Å². The topological polar surface area (TPSA) is 249 Å². The third-order valence-corrected chi connectivity index (χ3v) is 18.7.